The Labute approximate surface area is 96.9 Å². The molecule has 0 N–H and O–H groups in total. The van der Waals surface area contributed by atoms with Gasteiger partial charge in [0.25, 0.3) is 0 Å². The normalized spacial score (nSPS) is 22.9. The summed E-state index contributed by atoms with van der Waals surface area (Å²) in [4.78, 5) is 25.1. The molecular weight excluding hydrogens is 206 g/mol. The molecule has 0 aliphatic carbocycles. The predicted octanol–water partition coefficient (Wildman–Crippen LogP) is 2.37. The van der Waals surface area contributed by atoms with Crippen molar-refractivity contribution in [3.8, 4) is 0 Å². The Morgan fingerprint density at radius 2 is 2.00 bits per heavy atom. The summed E-state index contributed by atoms with van der Waals surface area (Å²) in [5, 5.41) is 0. The SMILES string of the molecule is C[C@H]1C(=O)CCCCN1C(=O)OC(C)(C)C. The van der Waals surface area contributed by atoms with Crippen LogP contribution in [0, 0.1) is 0 Å². The summed E-state index contributed by atoms with van der Waals surface area (Å²) in [6.07, 6.45) is 1.92. The summed E-state index contributed by atoms with van der Waals surface area (Å²) in [5.74, 6) is 0.128. The smallest absolute Gasteiger partial charge is 0.410 e. The molecule has 1 rings (SSSR count). The number of hydrogen-bond acceptors (Lipinski definition) is 3. The Hall–Kier alpha value is -1.06. The van der Waals surface area contributed by atoms with E-state index in [2.05, 4.69) is 0 Å². The average Bonchev–Trinajstić information content (AvgIpc) is 2.27. The number of ether oxygens (including phenoxy) is 1. The lowest BCUT2D eigenvalue weighted by atomic mass is 10.1. The van der Waals surface area contributed by atoms with Crippen molar-refractivity contribution in [1.29, 1.82) is 0 Å². The number of Topliss-reactive ketones (excluding diaryl/α,β-unsaturated/α-hetero) is 1. The minimum atomic E-state index is -0.508. The topological polar surface area (TPSA) is 46.6 Å². The Morgan fingerprint density at radius 3 is 2.56 bits per heavy atom. The number of nitrogens with zero attached hydrogens (tertiary/aromatic N) is 1. The van der Waals surface area contributed by atoms with Crippen LogP contribution < -0.4 is 0 Å². The number of carbonyl (C=O) groups excluding carboxylic acids is 2. The van der Waals surface area contributed by atoms with Crippen molar-refractivity contribution < 1.29 is 14.3 Å². The molecule has 92 valence electrons. The lowest BCUT2D eigenvalue weighted by Gasteiger charge is -2.29. The first kappa shape index (κ1) is 13.0. The van der Waals surface area contributed by atoms with Gasteiger partial charge in [-0.25, -0.2) is 4.79 Å². The van der Waals surface area contributed by atoms with Gasteiger partial charge in [-0.2, -0.15) is 0 Å². The lowest BCUT2D eigenvalue weighted by molar-refractivity contribution is -0.123. The lowest BCUT2D eigenvalue weighted by Crippen LogP contribution is -2.44. The first-order chi connectivity index (χ1) is 7.31. The Kier molecular flexibility index (Phi) is 3.94. The van der Waals surface area contributed by atoms with Gasteiger partial charge in [0.15, 0.2) is 5.78 Å². The molecule has 1 saturated heterocycles. The quantitative estimate of drug-likeness (QED) is 0.638. The summed E-state index contributed by atoms with van der Waals surface area (Å²) >= 11 is 0. The number of hydrogen-bond donors (Lipinski definition) is 0. The van der Waals surface area contributed by atoms with E-state index in [1.165, 1.54) is 0 Å². The van der Waals surface area contributed by atoms with Gasteiger partial charge < -0.3 is 4.74 Å². The van der Waals surface area contributed by atoms with Crippen LogP contribution in [0.15, 0.2) is 0 Å². The third kappa shape index (κ3) is 3.51. The third-order valence-electron chi connectivity index (χ3n) is 2.63. The third-order valence-corrected chi connectivity index (χ3v) is 2.63. The zero-order chi connectivity index (χ0) is 12.3. The molecule has 0 saturated carbocycles. The second-order valence-corrected chi connectivity index (χ2v) is 5.27. The standard InChI is InChI=1S/C12H21NO3/c1-9-10(14)7-5-6-8-13(9)11(15)16-12(2,3)4/h9H,5-8H2,1-4H3/t9-/m0/s1. The minimum Gasteiger partial charge on any atom is -0.444 e. The van der Waals surface area contributed by atoms with Crippen molar-refractivity contribution in [2.24, 2.45) is 0 Å². The minimum absolute atomic E-state index is 0.128. The fraction of sp³-hybridized carbons (Fsp3) is 0.833. The van der Waals surface area contributed by atoms with Crippen molar-refractivity contribution in [3.05, 3.63) is 0 Å². The van der Waals surface area contributed by atoms with Gasteiger partial charge in [0, 0.05) is 13.0 Å². The van der Waals surface area contributed by atoms with Crippen LogP contribution >= 0.6 is 0 Å². The molecule has 1 atom stereocenters. The van der Waals surface area contributed by atoms with Crippen LogP contribution in [-0.4, -0.2) is 35.0 Å². The molecule has 1 aliphatic rings. The number of rotatable bonds is 0. The average molecular weight is 227 g/mol. The highest BCUT2D eigenvalue weighted by Gasteiger charge is 2.30. The Bertz CT molecular complexity index is 280. The van der Waals surface area contributed by atoms with Crippen LogP contribution in [0.5, 0.6) is 0 Å². The highest BCUT2D eigenvalue weighted by molar-refractivity contribution is 5.87. The fourth-order valence-corrected chi connectivity index (χ4v) is 1.73. The molecule has 1 fully saturated rings. The van der Waals surface area contributed by atoms with E-state index in [0.717, 1.165) is 12.8 Å². The molecule has 0 aromatic carbocycles. The highest BCUT2D eigenvalue weighted by atomic mass is 16.6. The van der Waals surface area contributed by atoms with Gasteiger partial charge in [0.2, 0.25) is 0 Å². The fourth-order valence-electron chi connectivity index (χ4n) is 1.73. The van der Waals surface area contributed by atoms with Crippen molar-refractivity contribution in [2.75, 3.05) is 6.54 Å². The van der Waals surface area contributed by atoms with Gasteiger partial charge in [-0.1, -0.05) is 0 Å². The molecule has 4 heteroatoms. The van der Waals surface area contributed by atoms with E-state index >= 15 is 0 Å². The van der Waals surface area contributed by atoms with E-state index in [0.29, 0.717) is 13.0 Å². The Balaban J connectivity index is 2.69. The zero-order valence-corrected chi connectivity index (χ0v) is 10.6. The molecule has 16 heavy (non-hydrogen) atoms. The zero-order valence-electron chi connectivity index (χ0n) is 10.6. The van der Waals surface area contributed by atoms with Crippen molar-refractivity contribution in [2.45, 2.75) is 58.6 Å². The van der Waals surface area contributed by atoms with Gasteiger partial charge in [0.1, 0.15) is 5.60 Å². The monoisotopic (exact) mass is 227 g/mol. The van der Waals surface area contributed by atoms with E-state index in [1.54, 1.807) is 11.8 Å². The summed E-state index contributed by atoms with van der Waals surface area (Å²) in [6.45, 7) is 7.87. The van der Waals surface area contributed by atoms with Gasteiger partial charge >= 0.3 is 6.09 Å². The van der Waals surface area contributed by atoms with Gasteiger partial charge in [-0.15, -0.1) is 0 Å². The number of ketones is 1. The maximum atomic E-state index is 11.9. The predicted molar refractivity (Wildman–Crippen MR) is 61.3 cm³/mol. The van der Waals surface area contributed by atoms with E-state index in [-0.39, 0.29) is 17.9 Å². The summed E-state index contributed by atoms with van der Waals surface area (Å²) in [5.41, 5.74) is -0.508. The number of likely N-dealkylation sites (tertiary alicyclic amines) is 1. The van der Waals surface area contributed by atoms with Crippen LogP contribution in [0.2, 0.25) is 0 Å². The molecule has 0 spiro atoms. The molecule has 0 radical (unpaired) electrons. The van der Waals surface area contributed by atoms with E-state index in [1.807, 2.05) is 20.8 Å². The summed E-state index contributed by atoms with van der Waals surface area (Å²) < 4.78 is 5.29. The van der Waals surface area contributed by atoms with Crippen LogP contribution in [0.4, 0.5) is 4.79 Å². The van der Waals surface area contributed by atoms with Crippen LogP contribution in [0.3, 0.4) is 0 Å². The molecular formula is C12H21NO3. The van der Waals surface area contributed by atoms with Crippen molar-refractivity contribution in [3.63, 3.8) is 0 Å². The molecule has 0 bridgehead atoms. The Morgan fingerprint density at radius 1 is 1.38 bits per heavy atom. The summed E-state index contributed by atoms with van der Waals surface area (Å²) in [6, 6.07) is -0.350. The van der Waals surface area contributed by atoms with Gasteiger partial charge in [0.05, 0.1) is 6.04 Å². The van der Waals surface area contributed by atoms with Gasteiger partial charge in [-0.05, 0) is 40.5 Å². The van der Waals surface area contributed by atoms with Crippen molar-refractivity contribution >= 4 is 11.9 Å². The number of carbonyl (C=O) groups is 2. The van der Waals surface area contributed by atoms with E-state index < -0.39 is 5.60 Å². The molecule has 0 aromatic heterocycles. The maximum absolute atomic E-state index is 11.9. The second kappa shape index (κ2) is 4.85. The molecule has 0 aromatic rings. The van der Waals surface area contributed by atoms with E-state index in [9.17, 15) is 9.59 Å². The molecule has 1 aliphatic heterocycles. The molecule has 0 unspecified atom stereocenters. The largest absolute Gasteiger partial charge is 0.444 e. The highest BCUT2D eigenvalue weighted by Crippen LogP contribution is 2.17. The van der Waals surface area contributed by atoms with E-state index in [4.69, 9.17) is 4.74 Å². The second-order valence-electron chi connectivity index (χ2n) is 5.27. The molecule has 1 amide bonds. The van der Waals surface area contributed by atoms with Gasteiger partial charge in [-0.3, -0.25) is 9.69 Å². The molecule has 4 nitrogen and oxygen atoms in total. The molecule has 1 heterocycles. The summed E-state index contributed by atoms with van der Waals surface area (Å²) in [7, 11) is 0. The number of amides is 1. The maximum Gasteiger partial charge on any atom is 0.410 e. The van der Waals surface area contributed by atoms with Crippen LogP contribution in [0.25, 0.3) is 0 Å². The van der Waals surface area contributed by atoms with Crippen LogP contribution in [0.1, 0.15) is 47.0 Å². The first-order valence-corrected chi connectivity index (χ1v) is 5.83. The van der Waals surface area contributed by atoms with Crippen LogP contribution in [-0.2, 0) is 9.53 Å². The first-order valence-electron chi connectivity index (χ1n) is 5.83. The van der Waals surface area contributed by atoms with Crippen molar-refractivity contribution in [1.82, 2.24) is 4.90 Å².